The molecule has 0 aliphatic heterocycles. The van der Waals surface area contributed by atoms with Gasteiger partial charge in [-0.1, -0.05) is 66.5 Å². The van der Waals surface area contributed by atoms with Crippen LogP contribution >= 0.6 is 0 Å². The predicted molar refractivity (Wildman–Crippen MR) is 223 cm³/mol. The van der Waals surface area contributed by atoms with Gasteiger partial charge in [-0.2, -0.15) is 0 Å². The van der Waals surface area contributed by atoms with E-state index in [2.05, 4.69) is 86.5 Å². The van der Waals surface area contributed by atoms with Crippen LogP contribution in [0.15, 0.2) is 36.0 Å². The minimum atomic E-state index is -0.274. The first-order chi connectivity index (χ1) is 24.0. The van der Waals surface area contributed by atoms with E-state index in [1.54, 1.807) is 0 Å². The molecule has 0 aromatic carbocycles. The molecule has 2 aliphatic carbocycles. The summed E-state index contributed by atoms with van der Waals surface area (Å²) in [5.41, 5.74) is 7.22. The first kappa shape index (κ1) is 48.3. The van der Waals surface area contributed by atoms with Crippen molar-refractivity contribution in [3.63, 3.8) is 0 Å². The third-order valence-corrected chi connectivity index (χ3v) is 10.3. The van der Waals surface area contributed by atoms with Gasteiger partial charge in [0.15, 0.2) is 5.88 Å². The van der Waals surface area contributed by atoms with Crippen LogP contribution in [-0.4, -0.2) is 75.9 Å². The molecule has 10 nitrogen and oxygen atoms in total. The van der Waals surface area contributed by atoms with E-state index in [0.29, 0.717) is 60.9 Å². The van der Waals surface area contributed by atoms with Crippen LogP contribution < -0.4 is 26.7 Å². The molecule has 51 heavy (non-hydrogen) atoms. The summed E-state index contributed by atoms with van der Waals surface area (Å²) in [6, 6.07) is 0. The van der Waals surface area contributed by atoms with E-state index < -0.39 is 0 Å². The molecule has 2 rings (SSSR count). The molecule has 5 N–H and O–H groups in total. The van der Waals surface area contributed by atoms with Gasteiger partial charge in [0.2, 0.25) is 11.8 Å². The summed E-state index contributed by atoms with van der Waals surface area (Å²) >= 11 is 0. The highest BCUT2D eigenvalue weighted by Crippen LogP contribution is 2.74. The SMILES string of the molecule is C=C(CCC(=O)NCCOCCCCCNC(=C)OC[C@@H]1[C@]2(C)CC/C(C)=C(/N(C)NC)CC[C@]12C)NCC(=O)NC(C)(C)C.CC.CCCC.[HH].[HH].[HH].[HH]. The third-order valence-electron chi connectivity index (χ3n) is 10.3. The normalized spacial score (nSPS) is 22.2. The lowest BCUT2D eigenvalue weighted by atomic mass is 9.83. The van der Waals surface area contributed by atoms with Gasteiger partial charge in [-0.25, -0.2) is 5.43 Å². The van der Waals surface area contributed by atoms with Gasteiger partial charge in [0.1, 0.15) is 0 Å². The molecule has 0 heterocycles. The van der Waals surface area contributed by atoms with E-state index in [0.717, 1.165) is 45.3 Å². The minimum Gasteiger partial charge on any atom is -0.479 e. The maximum atomic E-state index is 12.1. The molecule has 1 fully saturated rings. The highest BCUT2D eigenvalue weighted by molar-refractivity contribution is 5.79. The number of carbonyl (C=O) groups is 2. The lowest BCUT2D eigenvalue weighted by Gasteiger charge is -2.29. The van der Waals surface area contributed by atoms with Crippen molar-refractivity contribution in [3.05, 3.63) is 36.0 Å². The molecule has 3 atom stereocenters. The Morgan fingerprint density at radius 3 is 2.12 bits per heavy atom. The number of fused-ring (bicyclic) bond motifs is 1. The van der Waals surface area contributed by atoms with Gasteiger partial charge in [0.25, 0.3) is 0 Å². The zero-order valence-corrected chi connectivity index (χ0v) is 35.1. The van der Waals surface area contributed by atoms with Gasteiger partial charge >= 0.3 is 0 Å². The smallest absolute Gasteiger partial charge is 0.239 e. The molecule has 0 aromatic heterocycles. The van der Waals surface area contributed by atoms with Crippen LogP contribution in [0.3, 0.4) is 0 Å². The Kier molecular flexibility index (Phi) is 23.9. The number of hydrogen-bond acceptors (Lipinski definition) is 8. The van der Waals surface area contributed by atoms with Gasteiger partial charge in [0.05, 0.1) is 19.8 Å². The Labute approximate surface area is 319 Å². The minimum absolute atomic E-state index is 0. The van der Waals surface area contributed by atoms with Crippen molar-refractivity contribution in [1.82, 2.24) is 31.7 Å². The zero-order chi connectivity index (χ0) is 39.1. The molecule has 2 aliphatic rings. The fraction of sp³-hybridized carbons (Fsp3) is 0.805. The number of unbranched alkanes of at least 4 members (excludes halogenated alkanes) is 3. The van der Waals surface area contributed by atoms with E-state index in [9.17, 15) is 9.59 Å². The van der Waals surface area contributed by atoms with Gasteiger partial charge in [-0.05, 0) is 96.5 Å². The molecule has 0 radical (unpaired) electrons. The maximum absolute atomic E-state index is 12.1. The zero-order valence-electron chi connectivity index (χ0n) is 35.1. The number of nitrogens with zero attached hydrogens (tertiary/aromatic N) is 1. The molecule has 2 amide bonds. The number of ether oxygens (including phenoxy) is 2. The Morgan fingerprint density at radius 2 is 1.53 bits per heavy atom. The topological polar surface area (TPSA) is 116 Å². The molecule has 306 valence electrons. The highest BCUT2D eigenvalue weighted by Gasteiger charge is 2.69. The lowest BCUT2D eigenvalue weighted by Crippen LogP contribution is -2.44. The number of rotatable bonds is 22. The molecule has 0 unspecified atom stereocenters. The highest BCUT2D eigenvalue weighted by atomic mass is 16.5. The molecule has 0 aromatic rings. The van der Waals surface area contributed by atoms with Crippen LogP contribution in [0.2, 0.25) is 0 Å². The average molecular weight is 729 g/mol. The molecule has 0 spiro atoms. The van der Waals surface area contributed by atoms with Crippen molar-refractivity contribution >= 4 is 11.8 Å². The standard InChI is InChI=1S/C35H64N6O4.C4H10.C2H6.4H2/c1-26-16-18-34(7)30(35(34,8)19-17-29(26)41(10)36-9)25-45-28(3)37-20-12-11-13-22-44-23-21-38-31(42)15-14-27(2)39-24-32(43)40-33(4,5)6;1-3-4-2;1-2;;;;/h30,36-37,39H,2-3,11-25H2,1,4-10H3,(H,38,42)(H,40,43);3-4H2,1-2H3;1-2H3;4*1H/b29-26+;;;;;;/t30-,34+,35-;;;;;;/m1....../s1. The summed E-state index contributed by atoms with van der Waals surface area (Å²) in [5, 5.41) is 14.2. The van der Waals surface area contributed by atoms with Gasteiger partial charge < -0.3 is 35.7 Å². The van der Waals surface area contributed by atoms with Crippen LogP contribution in [0, 0.1) is 16.7 Å². The Hall–Kier alpha value is -2.72. The van der Waals surface area contributed by atoms with E-state index in [1.165, 1.54) is 37.0 Å². The Bertz CT molecular complexity index is 1090. The molecule has 0 saturated heterocycles. The Morgan fingerprint density at radius 1 is 0.902 bits per heavy atom. The van der Waals surface area contributed by atoms with Crippen LogP contribution in [0.4, 0.5) is 0 Å². The van der Waals surface area contributed by atoms with E-state index in [1.807, 2.05) is 41.7 Å². The number of hydrogen-bond donors (Lipinski definition) is 5. The van der Waals surface area contributed by atoms with Crippen LogP contribution in [0.5, 0.6) is 0 Å². The number of amides is 2. The number of hydrazine groups is 1. The van der Waals surface area contributed by atoms with E-state index in [-0.39, 0.29) is 29.6 Å². The molecule has 1 saturated carbocycles. The summed E-state index contributed by atoms with van der Waals surface area (Å²) in [6.07, 6.45) is 11.1. The lowest BCUT2D eigenvalue weighted by molar-refractivity contribution is -0.121. The van der Waals surface area contributed by atoms with Gasteiger partial charge in [-0.3, -0.25) is 9.59 Å². The van der Waals surface area contributed by atoms with Crippen LogP contribution in [0.1, 0.15) is 146 Å². The monoisotopic (exact) mass is 729 g/mol. The Balaban J connectivity index is -0.000000780. The third kappa shape index (κ3) is 18.6. The molecular formula is C41H88N6O4. The van der Waals surface area contributed by atoms with E-state index >= 15 is 0 Å². The first-order valence-electron chi connectivity index (χ1n) is 19.8. The fourth-order valence-electron chi connectivity index (χ4n) is 6.58. The molecule has 0 bridgehead atoms. The van der Waals surface area contributed by atoms with Crippen molar-refractivity contribution in [2.24, 2.45) is 16.7 Å². The number of allylic oxidation sites excluding steroid dienone is 3. The maximum Gasteiger partial charge on any atom is 0.239 e. The quantitative estimate of drug-likeness (QED) is 0.0428. The molecule has 10 heteroatoms. The van der Waals surface area contributed by atoms with Crippen LogP contribution in [0.25, 0.3) is 0 Å². The van der Waals surface area contributed by atoms with Crippen molar-refractivity contribution < 1.29 is 24.8 Å². The largest absolute Gasteiger partial charge is 0.479 e. The number of nitrogens with one attached hydrogen (secondary N) is 5. The van der Waals surface area contributed by atoms with Crippen LogP contribution in [-0.2, 0) is 19.1 Å². The second-order valence-electron chi connectivity index (χ2n) is 15.3. The van der Waals surface area contributed by atoms with Crippen molar-refractivity contribution in [2.75, 3.05) is 53.6 Å². The van der Waals surface area contributed by atoms with Gasteiger partial charge in [0, 0.05) is 68.8 Å². The predicted octanol–water partition coefficient (Wildman–Crippen LogP) is 8.54. The summed E-state index contributed by atoms with van der Waals surface area (Å²) in [5.74, 6) is 1.07. The summed E-state index contributed by atoms with van der Waals surface area (Å²) in [4.78, 5) is 23.9. The van der Waals surface area contributed by atoms with E-state index in [4.69, 9.17) is 9.47 Å². The van der Waals surface area contributed by atoms with Crippen molar-refractivity contribution in [3.8, 4) is 0 Å². The average Bonchev–Trinajstić information content (AvgIpc) is 3.55. The molecular weight excluding hydrogens is 640 g/mol. The van der Waals surface area contributed by atoms with Crippen molar-refractivity contribution in [2.45, 2.75) is 145 Å². The first-order valence-corrected chi connectivity index (χ1v) is 19.8. The second kappa shape index (κ2) is 25.3. The fourth-order valence-corrected chi connectivity index (χ4v) is 6.58. The van der Waals surface area contributed by atoms with Crippen molar-refractivity contribution in [1.29, 1.82) is 0 Å². The number of carbonyl (C=O) groups excluding carboxylic acids is 2. The second-order valence-corrected chi connectivity index (χ2v) is 15.3. The summed E-state index contributed by atoms with van der Waals surface area (Å²) in [7, 11) is 4.10. The summed E-state index contributed by atoms with van der Waals surface area (Å²) < 4.78 is 11.8. The summed E-state index contributed by atoms with van der Waals surface area (Å²) in [6.45, 7) is 32.7. The van der Waals surface area contributed by atoms with Gasteiger partial charge in [-0.15, -0.1) is 0 Å².